The van der Waals surface area contributed by atoms with Crippen LogP contribution in [0.2, 0.25) is 0 Å². The third kappa shape index (κ3) is 6.70. The minimum atomic E-state index is -0.519. The van der Waals surface area contributed by atoms with Gasteiger partial charge in [-0.3, -0.25) is 19.7 Å². The highest BCUT2D eigenvalue weighted by atomic mass is 16.6. The summed E-state index contributed by atoms with van der Waals surface area (Å²) in [5.74, 6) is 0.915. The van der Waals surface area contributed by atoms with Crippen LogP contribution in [0.3, 0.4) is 0 Å². The van der Waals surface area contributed by atoms with Gasteiger partial charge in [-0.05, 0) is 51.1 Å². The smallest absolute Gasteiger partial charge is 0.410 e. The zero-order valence-corrected chi connectivity index (χ0v) is 22.9. The van der Waals surface area contributed by atoms with Crippen LogP contribution in [0.4, 0.5) is 22.0 Å². The van der Waals surface area contributed by atoms with Crippen molar-refractivity contribution in [1.82, 2.24) is 34.4 Å². The molecular formula is C28H33N9O3. The molecule has 12 heteroatoms. The van der Waals surface area contributed by atoms with Crippen LogP contribution >= 0.6 is 0 Å². The number of fused-ring (bicyclic) bond motifs is 1. The van der Waals surface area contributed by atoms with Gasteiger partial charge >= 0.3 is 6.09 Å². The fourth-order valence-electron chi connectivity index (χ4n) is 4.31. The maximum absolute atomic E-state index is 12.9. The lowest BCUT2D eigenvalue weighted by atomic mass is 10.2. The number of anilines is 3. The third-order valence-corrected chi connectivity index (χ3v) is 6.31. The number of carbonyl (C=O) groups is 2. The number of pyridine rings is 2. The van der Waals surface area contributed by atoms with Gasteiger partial charge in [0.15, 0.2) is 5.82 Å². The zero-order valence-electron chi connectivity index (χ0n) is 22.9. The largest absolute Gasteiger partial charge is 0.444 e. The topological polar surface area (TPSA) is 130 Å². The second-order valence-corrected chi connectivity index (χ2v) is 10.5. The molecule has 0 bridgehead atoms. The van der Waals surface area contributed by atoms with Crippen LogP contribution in [0.25, 0.3) is 17.0 Å². The molecule has 0 atom stereocenters. The predicted molar refractivity (Wildman–Crippen MR) is 151 cm³/mol. The Balaban J connectivity index is 1.20. The first-order valence-electron chi connectivity index (χ1n) is 13.2. The molecule has 1 aliphatic heterocycles. The average Bonchev–Trinajstić information content (AvgIpc) is 3.42. The minimum absolute atomic E-state index is 0.129. The van der Waals surface area contributed by atoms with Crippen molar-refractivity contribution >= 4 is 34.7 Å². The van der Waals surface area contributed by atoms with Crippen molar-refractivity contribution < 1.29 is 14.3 Å². The molecular weight excluding hydrogens is 510 g/mol. The normalized spacial score (nSPS) is 14.2. The van der Waals surface area contributed by atoms with Crippen LogP contribution < -0.4 is 10.6 Å². The minimum Gasteiger partial charge on any atom is -0.444 e. The second kappa shape index (κ2) is 11.7. The van der Waals surface area contributed by atoms with Crippen molar-refractivity contribution in [3.63, 3.8) is 0 Å². The molecule has 2 amide bonds. The van der Waals surface area contributed by atoms with Crippen molar-refractivity contribution in [1.29, 1.82) is 0 Å². The summed E-state index contributed by atoms with van der Waals surface area (Å²) in [5.41, 5.74) is 2.11. The summed E-state index contributed by atoms with van der Waals surface area (Å²) < 4.78 is 7.20. The van der Waals surface area contributed by atoms with E-state index in [1.54, 1.807) is 34.1 Å². The molecule has 0 radical (unpaired) electrons. The van der Waals surface area contributed by atoms with Gasteiger partial charge in [0.2, 0.25) is 11.7 Å². The summed E-state index contributed by atoms with van der Waals surface area (Å²) >= 11 is 0. The Labute approximate surface area is 232 Å². The number of piperazine rings is 1. The van der Waals surface area contributed by atoms with E-state index in [1.165, 1.54) is 0 Å². The first-order valence-corrected chi connectivity index (χ1v) is 13.2. The van der Waals surface area contributed by atoms with Crippen LogP contribution in [0.1, 0.15) is 27.2 Å². The molecule has 0 aliphatic carbocycles. The Bertz CT molecular complexity index is 1480. The number of ether oxygens (including phenoxy) is 1. The molecule has 40 heavy (non-hydrogen) atoms. The van der Waals surface area contributed by atoms with Crippen molar-refractivity contribution in [3.05, 3.63) is 61.2 Å². The van der Waals surface area contributed by atoms with Gasteiger partial charge < -0.3 is 20.3 Å². The molecule has 1 fully saturated rings. The van der Waals surface area contributed by atoms with E-state index < -0.39 is 5.60 Å². The average molecular weight is 544 g/mol. The number of nitrogens with one attached hydrogen (secondary N) is 2. The highest BCUT2D eigenvalue weighted by molar-refractivity contribution is 5.95. The van der Waals surface area contributed by atoms with E-state index in [0.717, 1.165) is 5.52 Å². The van der Waals surface area contributed by atoms with Crippen molar-refractivity contribution in [3.8, 4) is 11.5 Å². The molecule has 5 rings (SSSR count). The highest BCUT2D eigenvalue weighted by Gasteiger charge is 2.26. The van der Waals surface area contributed by atoms with Gasteiger partial charge in [0, 0.05) is 57.7 Å². The van der Waals surface area contributed by atoms with Gasteiger partial charge in [-0.25, -0.2) is 14.3 Å². The number of aromatic nitrogens is 5. The molecule has 0 saturated carbocycles. The number of rotatable bonds is 7. The SMILES string of the molecule is CC(C)(C)OC(=O)N1CCN(CCC(=O)Nc2cnccc2Nc2nc(-c3ccccn3)nn3cccc23)CC1. The number of hydrogen-bond acceptors (Lipinski definition) is 9. The van der Waals surface area contributed by atoms with E-state index >= 15 is 0 Å². The maximum atomic E-state index is 12.9. The Morgan fingerprint density at radius 2 is 1.82 bits per heavy atom. The lowest BCUT2D eigenvalue weighted by Crippen LogP contribution is -2.50. The summed E-state index contributed by atoms with van der Waals surface area (Å²) in [4.78, 5) is 42.3. The number of amides is 2. The highest BCUT2D eigenvalue weighted by Crippen LogP contribution is 2.27. The van der Waals surface area contributed by atoms with Crippen LogP contribution in [-0.4, -0.2) is 84.7 Å². The molecule has 2 N–H and O–H groups in total. The van der Waals surface area contributed by atoms with E-state index in [4.69, 9.17) is 9.72 Å². The summed E-state index contributed by atoms with van der Waals surface area (Å²) in [6.07, 6.45) is 6.81. The van der Waals surface area contributed by atoms with Gasteiger partial charge in [-0.2, -0.15) is 0 Å². The Morgan fingerprint density at radius 1 is 1.00 bits per heavy atom. The van der Waals surface area contributed by atoms with Crippen molar-refractivity contribution in [2.45, 2.75) is 32.8 Å². The molecule has 4 aromatic heterocycles. The molecule has 12 nitrogen and oxygen atoms in total. The van der Waals surface area contributed by atoms with Crippen molar-refractivity contribution in [2.24, 2.45) is 0 Å². The summed E-state index contributed by atoms with van der Waals surface area (Å²) in [7, 11) is 0. The van der Waals surface area contributed by atoms with Crippen LogP contribution in [0.15, 0.2) is 61.2 Å². The van der Waals surface area contributed by atoms with Gasteiger partial charge in [-0.15, -0.1) is 5.10 Å². The molecule has 4 aromatic rings. The van der Waals surface area contributed by atoms with E-state index in [9.17, 15) is 9.59 Å². The summed E-state index contributed by atoms with van der Waals surface area (Å²) in [6, 6.07) is 11.2. The van der Waals surface area contributed by atoms with E-state index in [-0.39, 0.29) is 12.0 Å². The fraction of sp³-hybridized carbons (Fsp3) is 0.357. The first kappa shape index (κ1) is 27.0. The second-order valence-electron chi connectivity index (χ2n) is 10.5. The molecule has 208 valence electrons. The molecule has 0 unspecified atom stereocenters. The Morgan fingerprint density at radius 3 is 2.58 bits per heavy atom. The molecule has 5 heterocycles. The third-order valence-electron chi connectivity index (χ3n) is 6.31. The quantitative estimate of drug-likeness (QED) is 0.357. The monoisotopic (exact) mass is 543 g/mol. The summed E-state index contributed by atoms with van der Waals surface area (Å²) in [5, 5.41) is 10.9. The standard InChI is InChI=1S/C28H33N9O3/c1-28(2,3)40-27(39)36-17-15-35(16-18-36)14-10-24(38)31-22-19-29-12-9-20(22)32-26-23-8-6-13-37(23)34-25(33-26)21-7-4-5-11-30-21/h4-9,11-13,19H,10,14-18H2,1-3H3,(H,31,38)(H,29,32,33,34). The molecule has 0 spiro atoms. The zero-order chi connectivity index (χ0) is 28.1. The van der Waals surface area contributed by atoms with Gasteiger partial charge in [0.05, 0.1) is 17.6 Å². The lowest BCUT2D eigenvalue weighted by molar-refractivity contribution is -0.116. The fourth-order valence-corrected chi connectivity index (χ4v) is 4.31. The first-order chi connectivity index (χ1) is 19.2. The van der Waals surface area contributed by atoms with Crippen molar-refractivity contribution in [2.75, 3.05) is 43.4 Å². The van der Waals surface area contributed by atoms with E-state index in [2.05, 4.69) is 30.6 Å². The summed E-state index contributed by atoms with van der Waals surface area (Å²) in [6.45, 7) is 8.67. The Kier molecular flexibility index (Phi) is 7.87. The molecule has 0 aromatic carbocycles. The lowest BCUT2D eigenvalue weighted by Gasteiger charge is -2.35. The van der Waals surface area contributed by atoms with Crippen LogP contribution in [-0.2, 0) is 9.53 Å². The number of hydrogen-bond donors (Lipinski definition) is 2. The van der Waals surface area contributed by atoms with E-state index in [1.807, 2.05) is 57.3 Å². The molecule has 1 saturated heterocycles. The van der Waals surface area contributed by atoms with Gasteiger partial charge in [0.1, 0.15) is 16.8 Å². The van der Waals surface area contributed by atoms with Crippen LogP contribution in [0.5, 0.6) is 0 Å². The van der Waals surface area contributed by atoms with Gasteiger partial charge in [-0.1, -0.05) is 6.07 Å². The predicted octanol–water partition coefficient (Wildman–Crippen LogP) is 3.81. The number of carbonyl (C=O) groups excluding carboxylic acids is 2. The molecule has 1 aliphatic rings. The van der Waals surface area contributed by atoms with Gasteiger partial charge in [0.25, 0.3) is 0 Å². The maximum Gasteiger partial charge on any atom is 0.410 e. The van der Waals surface area contributed by atoms with Crippen LogP contribution in [0, 0.1) is 0 Å². The Hall–Kier alpha value is -4.58. The van der Waals surface area contributed by atoms with E-state index in [0.29, 0.717) is 67.9 Å². The number of nitrogens with zero attached hydrogens (tertiary/aromatic N) is 7.